The molecular weight excluding hydrogens is 341 g/mol. The molecule has 25 heavy (non-hydrogen) atoms. The van der Waals surface area contributed by atoms with Crippen molar-refractivity contribution in [3.63, 3.8) is 0 Å². The van der Waals surface area contributed by atoms with Crippen molar-refractivity contribution in [2.24, 2.45) is 12.8 Å². The van der Waals surface area contributed by atoms with Crippen molar-refractivity contribution in [3.8, 4) is 10.7 Å². The third kappa shape index (κ3) is 4.09. The molecule has 0 aliphatic rings. The minimum absolute atomic E-state index is 0.238. The lowest BCUT2D eigenvalue weighted by atomic mass is 10.1. The first-order valence-corrected chi connectivity index (χ1v) is 8.58. The van der Waals surface area contributed by atoms with E-state index in [1.54, 1.807) is 16.9 Å². The average Bonchev–Trinajstić information content (AvgIpc) is 3.22. The van der Waals surface area contributed by atoms with Gasteiger partial charge < -0.3 is 11.1 Å². The second-order valence-electron chi connectivity index (χ2n) is 5.61. The Morgan fingerprint density at radius 3 is 2.96 bits per heavy atom. The number of rotatable bonds is 6. The van der Waals surface area contributed by atoms with Gasteiger partial charge in [-0.3, -0.25) is 9.48 Å². The van der Waals surface area contributed by atoms with Gasteiger partial charge in [0, 0.05) is 25.8 Å². The van der Waals surface area contributed by atoms with Gasteiger partial charge in [0.25, 0.3) is 5.91 Å². The number of nitrogens with zero attached hydrogens (tertiary/aromatic N) is 3. The maximum Gasteiger partial charge on any atom is 0.263 e. The van der Waals surface area contributed by atoms with Crippen LogP contribution in [-0.2, 0) is 13.5 Å². The molecule has 1 unspecified atom stereocenters. The van der Waals surface area contributed by atoms with Gasteiger partial charge in [-0.25, -0.2) is 9.37 Å². The Bertz CT molecular complexity index is 875. The first kappa shape index (κ1) is 17.2. The maximum atomic E-state index is 13.3. The molecule has 2 aromatic heterocycles. The quantitative estimate of drug-likeness (QED) is 0.705. The Kier molecular flexibility index (Phi) is 5.20. The lowest BCUT2D eigenvalue weighted by Gasteiger charge is -2.16. The molecule has 1 amide bonds. The molecule has 130 valence electrons. The summed E-state index contributed by atoms with van der Waals surface area (Å²) in [6.45, 7) is 0.260. The summed E-state index contributed by atoms with van der Waals surface area (Å²) in [5, 5.41) is 7.71. The molecule has 0 fully saturated rings. The second kappa shape index (κ2) is 7.54. The van der Waals surface area contributed by atoms with Crippen LogP contribution in [0.3, 0.4) is 0 Å². The molecule has 0 spiro atoms. The van der Waals surface area contributed by atoms with E-state index >= 15 is 0 Å². The normalized spacial score (nSPS) is 12.1. The highest BCUT2D eigenvalue weighted by Gasteiger charge is 2.17. The van der Waals surface area contributed by atoms with E-state index in [2.05, 4.69) is 15.4 Å². The number of aromatic nitrogens is 3. The van der Waals surface area contributed by atoms with E-state index in [0.717, 1.165) is 16.3 Å². The standard InChI is InChI=1S/C17H18FN5OS/c1-23-14(5-6-21-23)17-20-10-15(25-17)16(24)22-13(9-19)8-11-3-2-4-12(18)7-11/h2-7,10,13H,8-9,19H2,1H3,(H,22,24). The molecule has 0 aliphatic carbocycles. The third-order valence-electron chi connectivity index (χ3n) is 3.76. The van der Waals surface area contributed by atoms with E-state index in [4.69, 9.17) is 5.73 Å². The van der Waals surface area contributed by atoms with Crippen molar-refractivity contribution in [1.29, 1.82) is 0 Å². The van der Waals surface area contributed by atoms with Crippen molar-refractivity contribution in [3.05, 3.63) is 59.0 Å². The lowest BCUT2D eigenvalue weighted by Crippen LogP contribution is -2.41. The lowest BCUT2D eigenvalue weighted by molar-refractivity contribution is 0.0942. The topological polar surface area (TPSA) is 85.8 Å². The number of hydrogen-bond donors (Lipinski definition) is 2. The first-order valence-electron chi connectivity index (χ1n) is 7.76. The Balaban J connectivity index is 1.68. The van der Waals surface area contributed by atoms with Crippen LogP contribution in [0.15, 0.2) is 42.7 Å². The molecule has 0 radical (unpaired) electrons. The molecule has 6 nitrogen and oxygen atoms in total. The predicted octanol–water partition coefficient (Wildman–Crippen LogP) is 1.98. The molecule has 1 atom stereocenters. The van der Waals surface area contributed by atoms with E-state index in [1.165, 1.54) is 29.7 Å². The van der Waals surface area contributed by atoms with Crippen molar-refractivity contribution < 1.29 is 9.18 Å². The zero-order valence-corrected chi connectivity index (χ0v) is 14.5. The molecule has 2 heterocycles. The number of thiazole rings is 1. The van der Waals surface area contributed by atoms with Crippen LogP contribution in [0.2, 0.25) is 0 Å². The number of hydrogen-bond acceptors (Lipinski definition) is 5. The smallest absolute Gasteiger partial charge is 0.263 e. The number of benzene rings is 1. The zero-order valence-electron chi connectivity index (χ0n) is 13.6. The monoisotopic (exact) mass is 359 g/mol. The fourth-order valence-corrected chi connectivity index (χ4v) is 3.35. The number of carbonyl (C=O) groups is 1. The van der Waals surface area contributed by atoms with E-state index < -0.39 is 0 Å². The van der Waals surface area contributed by atoms with Gasteiger partial charge in [-0.2, -0.15) is 5.10 Å². The van der Waals surface area contributed by atoms with Crippen LogP contribution in [0, 0.1) is 5.82 Å². The van der Waals surface area contributed by atoms with Gasteiger partial charge in [0.1, 0.15) is 15.7 Å². The minimum atomic E-state index is -0.303. The summed E-state index contributed by atoms with van der Waals surface area (Å²) in [7, 11) is 1.82. The number of aryl methyl sites for hydroxylation is 1. The van der Waals surface area contributed by atoms with Crippen LogP contribution in [0.1, 0.15) is 15.2 Å². The van der Waals surface area contributed by atoms with Gasteiger partial charge in [0.05, 0.1) is 11.9 Å². The third-order valence-corrected chi connectivity index (χ3v) is 4.78. The number of carbonyl (C=O) groups excluding carboxylic acids is 1. The summed E-state index contributed by atoms with van der Waals surface area (Å²) < 4.78 is 15.0. The van der Waals surface area contributed by atoms with Crippen LogP contribution >= 0.6 is 11.3 Å². The van der Waals surface area contributed by atoms with Crippen molar-refractivity contribution in [2.45, 2.75) is 12.5 Å². The highest BCUT2D eigenvalue weighted by Crippen LogP contribution is 2.24. The second-order valence-corrected chi connectivity index (χ2v) is 6.64. The average molecular weight is 359 g/mol. The van der Waals surface area contributed by atoms with Gasteiger partial charge >= 0.3 is 0 Å². The summed E-state index contributed by atoms with van der Waals surface area (Å²) in [5.41, 5.74) is 7.39. The number of amides is 1. The molecule has 0 saturated carbocycles. The van der Waals surface area contributed by atoms with Crippen LogP contribution in [0.4, 0.5) is 4.39 Å². The summed E-state index contributed by atoms with van der Waals surface area (Å²) in [5.74, 6) is -0.541. The van der Waals surface area contributed by atoms with Gasteiger partial charge in [0.2, 0.25) is 0 Å². The van der Waals surface area contributed by atoms with Crippen LogP contribution < -0.4 is 11.1 Å². The fraction of sp³-hybridized carbons (Fsp3) is 0.235. The van der Waals surface area contributed by atoms with Gasteiger partial charge in [0.15, 0.2) is 0 Å². The summed E-state index contributed by atoms with van der Waals surface area (Å²) in [4.78, 5) is 17.2. The van der Waals surface area contributed by atoms with Gasteiger partial charge in [-0.1, -0.05) is 12.1 Å². The van der Waals surface area contributed by atoms with Crippen molar-refractivity contribution in [2.75, 3.05) is 6.54 Å². The van der Waals surface area contributed by atoms with E-state index in [1.807, 2.05) is 19.2 Å². The summed E-state index contributed by atoms with van der Waals surface area (Å²) >= 11 is 1.29. The molecule has 0 aliphatic heterocycles. The fourth-order valence-electron chi connectivity index (χ4n) is 2.48. The molecule has 0 saturated heterocycles. The Morgan fingerprint density at radius 1 is 1.44 bits per heavy atom. The number of halogens is 1. The van der Waals surface area contributed by atoms with E-state index in [0.29, 0.717) is 11.3 Å². The highest BCUT2D eigenvalue weighted by molar-refractivity contribution is 7.16. The summed E-state index contributed by atoms with van der Waals surface area (Å²) in [6.07, 6.45) is 3.69. The van der Waals surface area contributed by atoms with Crippen molar-refractivity contribution >= 4 is 17.2 Å². The largest absolute Gasteiger partial charge is 0.347 e. The molecule has 0 bridgehead atoms. The molecular formula is C17H18FN5OS. The first-order chi connectivity index (χ1) is 12.1. The minimum Gasteiger partial charge on any atom is -0.347 e. The maximum absolute atomic E-state index is 13.3. The number of nitrogens with one attached hydrogen (secondary N) is 1. The van der Waals surface area contributed by atoms with E-state index in [-0.39, 0.29) is 24.3 Å². The number of nitrogens with two attached hydrogens (primary N) is 1. The predicted molar refractivity (Wildman–Crippen MR) is 94.7 cm³/mol. The van der Waals surface area contributed by atoms with E-state index in [9.17, 15) is 9.18 Å². The van der Waals surface area contributed by atoms with Gasteiger partial charge in [-0.15, -0.1) is 11.3 Å². The summed E-state index contributed by atoms with van der Waals surface area (Å²) in [6, 6.07) is 7.84. The van der Waals surface area contributed by atoms with Crippen molar-refractivity contribution in [1.82, 2.24) is 20.1 Å². The molecule has 3 rings (SSSR count). The highest BCUT2D eigenvalue weighted by atomic mass is 32.1. The molecule has 3 aromatic rings. The SMILES string of the molecule is Cn1nccc1-c1ncc(C(=O)NC(CN)Cc2cccc(F)c2)s1. The Labute approximate surface area is 148 Å². The zero-order chi connectivity index (χ0) is 17.8. The van der Waals surface area contributed by atoms with Crippen LogP contribution in [-0.4, -0.2) is 33.3 Å². The molecule has 1 aromatic carbocycles. The van der Waals surface area contributed by atoms with Gasteiger partial charge in [-0.05, 0) is 30.2 Å². The molecule has 8 heteroatoms. The molecule has 3 N–H and O–H groups in total. The van der Waals surface area contributed by atoms with Crippen LogP contribution in [0.5, 0.6) is 0 Å². The Morgan fingerprint density at radius 2 is 2.28 bits per heavy atom. The van der Waals surface area contributed by atoms with Crippen LogP contribution in [0.25, 0.3) is 10.7 Å². The Hall–Kier alpha value is -2.58.